The van der Waals surface area contributed by atoms with E-state index in [4.69, 9.17) is 15.8 Å². The molecule has 9 nitrogen and oxygen atoms in total. The number of nitriles is 1. The first-order valence-corrected chi connectivity index (χ1v) is 9.58. The van der Waals surface area contributed by atoms with E-state index in [1.807, 2.05) is 36.5 Å². The van der Waals surface area contributed by atoms with Crippen LogP contribution < -0.4 is 5.73 Å². The van der Waals surface area contributed by atoms with Gasteiger partial charge in [0.25, 0.3) is 0 Å². The van der Waals surface area contributed by atoms with Crippen molar-refractivity contribution in [1.82, 2.24) is 29.9 Å². The number of nitrogens with one attached hydrogen (secondary N) is 1. The molecule has 0 radical (unpaired) electrons. The summed E-state index contributed by atoms with van der Waals surface area (Å²) >= 11 is 0. The van der Waals surface area contributed by atoms with Gasteiger partial charge in [-0.15, -0.1) is 0 Å². The molecule has 5 rings (SSSR count). The number of fused-ring (bicyclic) bond motifs is 1. The van der Waals surface area contributed by atoms with Crippen LogP contribution in [0.1, 0.15) is 19.3 Å². The van der Waals surface area contributed by atoms with Crippen molar-refractivity contribution in [3.8, 4) is 28.8 Å². The van der Waals surface area contributed by atoms with E-state index in [1.165, 1.54) is 0 Å². The molecule has 0 bridgehead atoms. The van der Waals surface area contributed by atoms with Crippen LogP contribution in [0.2, 0.25) is 0 Å². The standard InChI is InChI=1S/C21H18N8O/c22-6-5-21(11-13(12-21)20(23)30)29-9-4-16(28-29)19-14-2-1-7-24-17(14)10-18(26-19)15-3-8-25-27-15/h1-4,7-10,13H,5,11-12H2,(H2,23,30)(H,25,27)/t13-,21-. The van der Waals surface area contributed by atoms with Crippen molar-refractivity contribution in [3.63, 3.8) is 0 Å². The van der Waals surface area contributed by atoms with E-state index >= 15 is 0 Å². The summed E-state index contributed by atoms with van der Waals surface area (Å²) in [7, 11) is 0. The minimum absolute atomic E-state index is 0.224. The van der Waals surface area contributed by atoms with E-state index in [-0.39, 0.29) is 18.2 Å². The Labute approximate surface area is 171 Å². The monoisotopic (exact) mass is 398 g/mol. The van der Waals surface area contributed by atoms with Crippen LogP contribution in [0.25, 0.3) is 33.7 Å². The Kier molecular flexibility index (Phi) is 4.06. The third-order valence-electron chi connectivity index (χ3n) is 5.76. The molecule has 1 fully saturated rings. The quantitative estimate of drug-likeness (QED) is 0.529. The molecule has 9 heteroatoms. The number of H-pyrrole nitrogens is 1. The summed E-state index contributed by atoms with van der Waals surface area (Å²) in [6, 6.07) is 11.7. The molecule has 0 spiro atoms. The van der Waals surface area contributed by atoms with Gasteiger partial charge in [0.2, 0.25) is 5.91 Å². The van der Waals surface area contributed by atoms with Crippen LogP contribution in [0, 0.1) is 17.2 Å². The number of pyridine rings is 2. The number of rotatable bonds is 5. The molecule has 1 amide bonds. The van der Waals surface area contributed by atoms with Crippen LogP contribution in [0.5, 0.6) is 0 Å². The molecule has 0 saturated heterocycles. The highest BCUT2D eigenvalue weighted by atomic mass is 16.1. The van der Waals surface area contributed by atoms with Crippen LogP contribution in [0.15, 0.2) is 48.9 Å². The minimum atomic E-state index is -0.512. The van der Waals surface area contributed by atoms with Crippen LogP contribution in [0.4, 0.5) is 0 Å². The highest BCUT2D eigenvalue weighted by molar-refractivity contribution is 5.93. The van der Waals surface area contributed by atoms with Gasteiger partial charge in [-0.2, -0.15) is 15.5 Å². The fraction of sp³-hybridized carbons (Fsp3) is 0.238. The zero-order valence-corrected chi connectivity index (χ0v) is 16.0. The Balaban J connectivity index is 1.60. The smallest absolute Gasteiger partial charge is 0.220 e. The van der Waals surface area contributed by atoms with E-state index in [2.05, 4.69) is 21.3 Å². The molecule has 148 valence electrons. The maximum Gasteiger partial charge on any atom is 0.220 e. The van der Waals surface area contributed by atoms with Gasteiger partial charge in [0.05, 0.1) is 34.9 Å². The number of nitrogens with two attached hydrogens (primary N) is 1. The normalized spacial score (nSPS) is 20.6. The second-order valence-corrected chi connectivity index (χ2v) is 7.61. The molecule has 4 aromatic rings. The average Bonchev–Trinajstić information content (AvgIpc) is 3.41. The highest BCUT2D eigenvalue weighted by Crippen LogP contribution is 2.46. The first kappa shape index (κ1) is 18.0. The Hall–Kier alpha value is -4.06. The van der Waals surface area contributed by atoms with E-state index in [9.17, 15) is 10.1 Å². The van der Waals surface area contributed by atoms with Gasteiger partial charge in [-0.05, 0) is 43.2 Å². The lowest BCUT2D eigenvalue weighted by Crippen LogP contribution is -2.50. The van der Waals surface area contributed by atoms with Crippen LogP contribution in [-0.2, 0) is 10.3 Å². The SMILES string of the molecule is N#CC[C@]1(n2ccc(-c3nc(-c4ccn[nH]4)cc4ncccc34)n2)C[C@H](C(N)=O)C1. The third-order valence-corrected chi connectivity index (χ3v) is 5.76. The van der Waals surface area contributed by atoms with Crippen molar-refractivity contribution in [1.29, 1.82) is 5.26 Å². The van der Waals surface area contributed by atoms with Crippen LogP contribution in [-0.4, -0.2) is 35.9 Å². The largest absolute Gasteiger partial charge is 0.369 e. The number of aromatic amines is 1. The molecule has 3 N–H and O–H groups in total. The minimum Gasteiger partial charge on any atom is -0.369 e. The van der Waals surface area contributed by atoms with Crippen LogP contribution in [0.3, 0.4) is 0 Å². The van der Waals surface area contributed by atoms with Gasteiger partial charge in [0.15, 0.2) is 0 Å². The fourth-order valence-corrected chi connectivity index (χ4v) is 4.14. The molecular formula is C21H18N8O. The van der Waals surface area contributed by atoms with Crippen LogP contribution >= 0.6 is 0 Å². The average molecular weight is 398 g/mol. The summed E-state index contributed by atoms with van der Waals surface area (Å²) in [6.45, 7) is 0. The molecule has 1 aliphatic rings. The summed E-state index contributed by atoms with van der Waals surface area (Å²) in [5.74, 6) is -0.556. The second kappa shape index (κ2) is 6.77. The Morgan fingerprint density at radius 1 is 1.30 bits per heavy atom. The number of amides is 1. The lowest BCUT2D eigenvalue weighted by Gasteiger charge is -2.45. The number of hydrogen-bond donors (Lipinski definition) is 2. The van der Waals surface area contributed by atoms with Crippen molar-refractivity contribution in [3.05, 3.63) is 48.9 Å². The molecule has 30 heavy (non-hydrogen) atoms. The van der Waals surface area contributed by atoms with E-state index < -0.39 is 5.54 Å². The number of nitrogens with zero attached hydrogens (tertiary/aromatic N) is 6. The first-order valence-electron chi connectivity index (χ1n) is 9.58. The van der Waals surface area contributed by atoms with Gasteiger partial charge >= 0.3 is 0 Å². The predicted molar refractivity (Wildman–Crippen MR) is 108 cm³/mol. The Morgan fingerprint density at radius 2 is 2.17 bits per heavy atom. The molecule has 4 heterocycles. The predicted octanol–water partition coefficient (Wildman–Crippen LogP) is 2.39. The molecule has 1 saturated carbocycles. The molecule has 0 aromatic carbocycles. The molecule has 1 aliphatic carbocycles. The fourth-order valence-electron chi connectivity index (χ4n) is 4.14. The number of primary amides is 1. The molecular weight excluding hydrogens is 380 g/mol. The summed E-state index contributed by atoms with van der Waals surface area (Å²) < 4.78 is 1.79. The van der Waals surface area contributed by atoms with Crippen molar-refractivity contribution >= 4 is 16.8 Å². The maximum atomic E-state index is 11.5. The van der Waals surface area contributed by atoms with Crippen molar-refractivity contribution in [2.24, 2.45) is 11.7 Å². The molecule has 0 unspecified atom stereocenters. The summed E-state index contributed by atoms with van der Waals surface area (Å²) in [5.41, 5.74) is 8.59. The van der Waals surface area contributed by atoms with Crippen molar-refractivity contribution in [2.75, 3.05) is 0 Å². The zero-order valence-electron chi connectivity index (χ0n) is 16.0. The van der Waals surface area contributed by atoms with Gasteiger partial charge in [0, 0.05) is 29.9 Å². The summed E-state index contributed by atoms with van der Waals surface area (Å²) in [5, 5.41) is 21.9. The number of carbonyl (C=O) groups excluding carboxylic acids is 1. The van der Waals surface area contributed by atoms with Gasteiger partial charge in [0.1, 0.15) is 11.4 Å². The Bertz CT molecular complexity index is 1280. The molecule has 0 atom stereocenters. The lowest BCUT2D eigenvalue weighted by atomic mass is 9.66. The number of carbonyl (C=O) groups is 1. The maximum absolute atomic E-state index is 11.5. The van der Waals surface area contributed by atoms with Gasteiger partial charge in [-0.1, -0.05) is 0 Å². The van der Waals surface area contributed by atoms with Crippen molar-refractivity contribution in [2.45, 2.75) is 24.8 Å². The first-order chi connectivity index (χ1) is 14.6. The summed E-state index contributed by atoms with van der Waals surface area (Å²) in [4.78, 5) is 20.8. The Morgan fingerprint density at radius 3 is 2.90 bits per heavy atom. The molecule has 0 aliphatic heterocycles. The second-order valence-electron chi connectivity index (χ2n) is 7.61. The highest BCUT2D eigenvalue weighted by Gasteiger charge is 2.48. The third kappa shape index (κ3) is 2.81. The topological polar surface area (TPSA) is 139 Å². The number of aromatic nitrogens is 6. The summed E-state index contributed by atoms with van der Waals surface area (Å²) in [6.07, 6.45) is 6.55. The van der Waals surface area contributed by atoms with E-state index in [0.29, 0.717) is 29.9 Å². The lowest BCUT2D eigenvalue weighted by molar-refractivity contribution is -0.128. The van der Waals surface area contributed by atoms with Crippen molar-refractivity contribution < 1.29 is 4.79 Å². The zero-order chi connectivity index (χ0) is 20.7. The number of hydrogen-bond acceptors (Lipinski definition) is 6. The van der Waals surface area contributed by atoms with Gasteiger partial charge in [-0.3, -0.25) is 19.6 Å². The van der Waals surface area contributed by atoms with Gasteiger partial charge in [-0.25, -0.2) is 4.98 Å². The molecule has 4 aromatic heterocycles. The van der Waals surface area contributed by atoms with Gasteiger partial charge < -0.3 is 5.73 Å². The van der Waals surface area contributed by atoms with E-state index in [1.54, 1.807) is 17.1 Å². The van der Waals surface area contributed by atoms with E-state index in [0.717, 1.165) is 16.6 Å².